The lowest BCUT2D eigenvalue weighted by molar-refractivity contribution is 0.0505. The first-order valence-electron chi connectivity index (χ1n) is 12.2. The van der Waals surface area contributed by atoms with E-state index in [0.29, 0.717) is 18.8 Å². The average molecular weight is 423 g/mol. The molecule has 1 rings (SSSR count). The Labute approximate surface area is 185 Å². The van der Waals surface area contributed by atoms with Crippen LogP contribution in [0.4, 0.5) is 0 Å². The van der Waals surface area contributed by atoms with Crippen LogP contribution in [-0.2, 0) is 4.74 Å². The number of carbonyl (C=O) groups excluding carboxylic acids is 1. The van der Waals surface area contributed by atoms with Gasteiger partial charge in [0.1, 0.15) is 5.75 Å². The van der Waals surface area contributed by atoms with Gasteiger partial charge in [0, 0.05) is 6.61 Å². The summed E-state index contributed by atoms with van der Waals surface area (Å²) < 4.78 is 4.90. The van der Waals surface area contributed by atoms with Crippen LogP contribution in [0.1, 0.15) is 121 Å². The Morgan fingerprint density at radius 1 is 0.700 bits per heavy atom. The number of aromatic hydroxyl groups is 1. The van der Waals surface area contributed by atoms with Gasteiger partial charge in [-0.1, -0.05) is 97.3 Å². The van der Waals surface area contributed by atoms with E-state index in [0.717, 1.165) is 12.8 Å². The largest absolute Gasteiger partial charge is 0.508 e. The molecule has 0 unspecified atom stereocenters. The molecule has 1 aromatic carbocycles. The van der Waals surface area contributed by atoms with Crippen LogP contribution >= 0.6 is 0 Å². The highest BCUT2D eigenvalue weighted by molar-refractivity contribution is 5.89. The Morgan fingerprint density at radius 3 is 1.53 bits per heavy atom. The molecule has 0 heterocycles. The first-order chi connectivity index (χ1) is 14.7. The van der Waals surface area contributed by atoms with Crippen molar-refractivity contribution in [2.24, 2.45) is 0 Å². The Hall–Kier alpha value is -1.55. The highest BCUT2D eigenvalue weighted by atomic mass is 16.5. The van der Waals surface area contributed by atoms with Gasteiger partial charge in [0.15, 0.2) is 0 Å². The van der Waals surface area contributed by atoms with E-state index < -0.39 is 0 Å². The van der Waals surface area contributed by atoms with Crippen molar-refractivity contribution in [2.45, 2.75) is 110 Å². The number of phenolic OH excluding ortho intramolecular Hbond substituents is 1. The number of hydrogen-bond donors (Lipinski definition) is 2. The third-order valence-corrected chi connectivity index (χ3v) is 5.05. The third-order valence-electron chi connectivity index (χ3n) is 5.05. The first kappa shape index (κ1) is 28.5. The molecule has 0 aliphatic rings. The average Bonchev–Trinajstić information content (AvgIpc) is 2.76. The van der Waals surface area contributed by atoms with Gasteiger partial charge < -0.3 is 14.9 Å². The molecule has 0 radical (unpaired) electrons. The molecule has 0 aliphatic heterocycles. The Balaban J connectivity index is 0.000000579. The van der Waals surface area contributed by atoms with Crippen molar-refractivity contribution in [1.82, 2.24) is 0 Å². The summed E-state index contributed by atoms with van der Waals surface area (Å²) in [6.45, 7) is 5.02. The van der Waals surface area contributed by atoms with Crippen LogP contribution in [0.25, 0.3) is 0 Å². The van der Waals surface area contributed by atoms with Crippen LogP contribution in [0.3, 0.4) is 0 Å². The van der Waals surface area contributed by atoms with Crippen molar-refractivity contribution >= 4 is 5.97 Å². The van der Waals surface area contributed by atoms with Gasteiger partial charge in [0.2, 0.25) is 0 Å². The fraction of sp³-hybridized carbons (Fsp3) is 0.731. The van der Waals surface area contributed by atoms with E-state index in [9.17, 15) is 4.79 Å². The second-order valence-electron chi connectivity index (χ2n) is 8.00. The third kappa shape index (κ3) is 18.5. The predicted octanol–water partition coefficient (Wildman–Crippen LogP) is 7.42. The highest BCUT2D eigenvalue weighted by Gasteiger charge is 2.05. The van der Waals surface area contributed by atoms with Crippen molar-refractivity contribution in [3.63, 3.8) is 0 Å². The fourth-order valence-electron chi connectivity index (χ4n) is 3.18. The molecule has 0 aromatic heterocycles. The van der Waals surface area contributed by atoms with Crippen LogP contribution in [0.15, 0.2) is 24.3 Å². The molecule has 4 nitrogen and oxygen atoms in total. The number of phenols is 1. The molecule has 0 atom stereocenters. The Morgan fingerprint density at radius 2 is 1.13 bits per heavy atom. The van der Waals surface area contributed by atoms with Crippen molar-refractivity contribution in [2.75, 3.05) is 13.2 Å². The molecule has 0 saturated carbocycles. The standard InChI is InChI=1S/C16H34O.C10H12O3/c1-2-3-4-5-6-7-8-9-10-11-12-13-14-15-16-17;1-2-7-13-10(12)8-3-5-9(11)6-4-8/h17H,2-16H2,1H3;3-6,11H,2,7H2,1H3. The number of esters is 1. The number of aliphatic hydroxyl groups excluding tert-OH is 1. The molecule has 0 amide bonds. The molecule has 0 bridgehead atoms. The topological polar surface area (TPSA) is 66.8 Å². The first-order valence-corrected chi connectivity index (χ1v) is 12.2. The highest BCUT2D eigenvalue weighted by Crippen LogP contribution is 2.13. The molecular weight excluding hydrogens is 376 g/mol. The minimum absolute atomic E-state index is 0.145. The van der Waals surface area contributed by atoms with E-state index in [1.165, 1.54) is 108 Å². The van der Waals surface area contributed by atoms with E-state index in [2.05, 4.69) is 6.92 Å². The number of rotatable bonds is 17. The second-order valence-corrected chi connectivity index (χ2v) is 8.00. The summed E-state index contributed by atoms with van der Waals surface area (Å²) in [6.07, 6.45) is 20.0. The quantitative estimate of drug-likeness (QED) is 0.202. The van der Waals surface area contributed by atoms with E-state index >= 15 is 0 Å². The molecule has 30 heavy (non-hydrogen) atoms. The minimum atomic E-state index is -0.346. The van der Waals surface area contributed by atoms with Gasteiger partial charge in [-0.15, -0.1) is 0 Å². The monoisotopic (exact) mass is 422 g/mol. The molecule has 0 fully saturated rings. The van der Waals surface area contributed by atoms with Crippen LogP contribution < -0.4 is 0 Å². The van der Waals surface area contributed by atoms with Crippen LogP contribution in [0, 0.1) is 0 Å². The molecule has 0 saturated heterocycles. The maximum atomic E-state index is 11.2. The molecular formula is C26H46O4. The number of ether oxygens (including phenoxy) is 1. The Kier molecular flexibility index (Phi) is 21.0. The number of carbonyl (C=O) groups is 1. The minimum Gasteiger partial charge on any atom is -0.508 e. The second kappa shape index (κ2) is 22.1. The SMILES string of the molecule is CCCCCCCCCCCCCCCCO.CCCOC(=O)c1ccc(O)cc1. The van der Waals surface area contributed by atoms with E-state index in [1.54, 1.807) is 0 Å². The van der Waals surface area contributed by atoms with Gasteiger partial charge in [0.05, 0.1) is 12.2 Å². The number of aliphatic hydroxyl groups is 1. The van der Waals surface area contributed by atoms with Crippen molar-refractivity contribution < 1.29 is 19.7 Å². The van der Waals surface area contributed by atoms with E-state index in [1.807, 2.05) is 6.92 Å². The maximum absolute atomic E-state index is 11.2. The summed E-state index contributed by atoms with van der Waals surface area (Å²) in [4.78, 5) is 11.2. The fourth-order valence-corrected chi connectivity index (χ4v) is 3.18. The summed E-state index contributed by atoms with van der Waals surface area (Å²) in [5.74, 6) is -0.200. The lowest BCUT2D eigenvalue weighted by Gasteiger charge is -2.02. The van der Waals surface area contributed by atoms with E-state index in [-0.39, 0.29) is 11.7 Å². The van der Waals surface area contributed by atoms with Crippen LogP contribution in [0.2, 0.25) is 0 Å². The predicted molar refractivity (Wildman–Crippen MR) is 126 cm³/mol. The smallest absolute Gasteiger partial charge is 0.338 e. The molecule has 4 heteroatoms. The van der Waals surface area contributed by atoms with Crippen molar-refractivity contribution in [1.29, 1.82) is 0 Å². The number of benzene rings is 1. The summed E-state index contributed by atoms with van der Waals surface area (Å²) >= 11 is 0. The molecule has 1 aromatic rings. The van der Waals surface area contributed by atoms with Crippen molar-refractivity contribution in [3.05, 3.63) is 29.8 Å². The lowest BCUT2D eigenvalue weighted by Crippen LogP contribution is -2.05. The number of hydrogen-bond acceptors (Lipinski definition) is 4. The van der Waals surface area contributed by atoms with Gasteiger partial charge >= 0.3 is 5.97 Å². The number of unbranched alkanes of at least 4 members (excludes halogenated alkanes) is 13. The van der Waals surface area contributed by atoms with E-state index in [4.69, 9.17) is 14.9 Å². The molecule has 2 N–H and O–H groups in total. The normalized spacial score (nSPS) is 10.4. The van der Waals surface area contributed by atoms with Crippen LogP contribution in [-0.4, -0.2) is 29.4 Å². The van der Waals surface area contributed by atoms with Gasteiger partial charge in [-0.2, -0.15) is 0 Å². The summed E-state index contributed by atoms with van der Waals surface area (Å²) in [5, 5.41) is 17.6. The summed E-state index contributed by atoms with van der Waals surface area (Å²) in [5.41, 5.74) is 0.464. The molecule has 0 spiro atoms. The van der Waals surface area contributed by atoms with Gasteiger partial charge in [-0.3, -0.25) is 0 Å². The maximum Gasteiger partial charge on any atom is 0.338 e. The Bertz CT molecular complexity index is 470. The zero-order valence-electron chi connectivity index (χ0n) is 19.5. The van der Waals surface area contributed by atoms with Gasteiger partial charge in [-0.05, 0) is 37.1 Å². The zero-order valence-corrected chi connectivity index (χ0v) is 19.5. The summed E-state index contributed by atoms with van der Waals surface area (Å²) in [7, 11) is 0. The zero-order chi connectivity index (χ0) is 22.3. The van der Waals surface area contributed by atoms with Crippen LogP contribution in [0.5, 0.6) is 5.75 Å². The summed E-state index contributed by atoms with van der Waals surface area (Å²) in [6, 6.07) is 5.99. The lowest BCUT2D eigenvalue weighted by atomic mass is 10.0. The molecule has 174 valence electrons. The molecule has 0 aliphatic carbocycles. The van der Waals surface area contributed by atoms with Gasteiger partial charge in [-0.25, -0.2) is 4.79 Å². The van der Waals surface area contributed by atoms with Gasteiger partial charge in [0.25, 0.3) is 0 Å². The van der Waals surface area contributed by atoms with Crippen molar-refractivity contribution in [3.8, 4) is 5.75 Å².